The van der Waals surface area contributed by atoms with E-state index in [1.165, 1.54) is 24.0 Å². The molecule has 0 N–H and O–H groups in total. The third-order valence-electron chi connectivity index (χ3n) is 4.27. The molecule has 3 rings (SSSR count). The Bertz CT molecular complexity index is 840. The molecule has 126 valence electrons. The van der Waals surface area contributed by atoms with Gasteiger partial charge in [-0.05, 0) is 47.4 Å². The van der Waals surface area contributed by atoms with Crippen molar-refractivity contribution in [3.8, 4) is 0 Å². The molecule has 0 saturated carbocycles. The minimum atomic E-state index is -3.14. The van der Waals surface area contributed by atoms with Gasteiger partial charge in [-0.1, -0.05) is 30.3 Å². The third kappa shape index (κ3) is 4.10. The molecule has 0 aromatic heterocycles. The van der Waals surface area contributed by atoms with Crippen LogP contribution in [0.5, 0.6) is 0 Å². The summed E-state index contributed by atoms with van der Waals surface area (Å²) in [4.78, 5) is 2.66. The molecule has 0 spiro atoms. The van der Waals surface area contributed by atoms with Gasteiger partial charge in [0.1, 0.15) is 5.82 Å². The minimum Gasteiger partial charge on any atom is -0.295 e. The van der Waals surface area contributed by atoms with E-state index in [1.807, 2.05) is 24.3 Å². The van der Waals surface area contributed by atoms with Gasteiger partial charge in [-0.2, -0.15) is 0 Å². The topological polar surface area (TPSA) is 37.4 Å². The van der Waals surface area contributed by atoms with E-state index < -0.39 is 9.84 Å². The second kappa shape index (κ2) is 6.87. The Labute approximate surface area is 142 Å². The van der Waals surface area contributed by atoms with Crippen molar-refractivity contribution < 1.29 is 12.8 Å². The van der Waals surface area contributed by atoms with Crippen LogP contribution in [0.4, 0.5) is 4.39 Å². The molecule has 0 atom stereocenters. The number of sulfone groups is 1. The van der Waals surface area contributed by atoms with E-state index in [0.717, 1.165) is 37.2 Å². The highest BCUT2D eigenvalue weighted by Gasteiger charge is 2.14. The van der Waals surface area contributed by atoms with Crippen LogP contribution in [0.15, 0.2) is 59.5 Å². The van der Waals surface area contributed by atoms with Crippen molar-refractivity contribution in [2.75, 3.05) is 19.3 Å². The molecule has 1 aliphatic heterocycles. The van der Waals surface area contributed by atoms with Crippen LogP contribution < -0.4 is 0 Å². The van der Waals surface area contributed by atoms with Gasteiger partial charge in [0.2, 0.25) is 0 Å². The molecule has 0 aliphatic carbocycles. The van der Waals surface area contributed by atoms with Gasteiger partial charge in [0.05, 0.1) is 4.90 Å². The quantitative estimate of drug-likeness (QED) is 0.851. The summed E-state index contributed by atoms with van der Waals surface area (Å²) in [5.41, 5.74) is 3.42. The largest absolute Gasteiger partial charge is 0.295 e. The summed E-state index contributed by atoms with van der Waals surface area (Å²) < 4.78 is 36.0. The van der Waals surface area contributed by atoms with E-state index in [-0.39, 0.29) is 5.82 Å². The van der Waals surface area contributed by atoms with Crippen LogP contribution in [-0.2, 0) is 16.4 Å². The molecule has 0 fully saturated rings. The lowest BCUT2D eigenvalue weighted by Gasteiger charge is -2.26. The monoisotopic (exact) mass is 345 g/mol. The molecule has 3 nitrogen and oxygen atoms in total. The number of benzene rings is 2. The van der Waals surface area contributed by atoms with E-state index in [4.69, 9.17) is 0 Å². The summed E-state index contributed by atoms with van der Waals surface area (Å²) in [5, 5.41) is 0. The van der Waals surface area contributed by atoms with Crippen molar-refractivity contribution in [2.24, 2.45) is 0 Å². The van der Waals surface area contributed by atoms with E-state index in [2.05, 4.69) is 11.0 Å². The molecule has 2 aromatic rings. The Morgan fingerprint density at radius 2 is 1.71 bits per heavy atom. The maximum absolute atomic E-state index is 13.0. The van der Waals surface area contributed by atoms with Gasteiger partial charge >= 0.3 is 0 Å². The second-order valence-corrected chi connectivity index (χ2v) is 8.15. The van der Waals surface area contributed by atoms with E-state index >= 15 is 0 Å². The second-order valence-electron chi connectivity index (χ2n) is 6.14. The average Bonchev–Trinajstić information content (AvgIpc) is 2.56. The molecule has 24 heavy (non-hydrogen) atoms. The molecule has 0 radical (unpaired) electrons. The van der Waals surface area contributed by atoms with Crippen LogP contribution in [0.3, 0.4) is 0 Å². The molecule has 0 amide bonds. The smallest absolute Gasteiger partial charge is 0.175 e. The van der Waals surface area contributed by atoms with Crippen LogP contribution in [0.2, 0.25) is 0 Å². The van der Waals surface area contributed by atoms with Crippen LogP contribution >= 0.6 is 0 Å². The summed E-state index contributed by atoms with van der Waals surface area (Å²) in [6.07, 6.45) is 4.32. The van der Waals surface area contributed by atoms with E-state index in [9.17, 15) is 12.8 Å². The fourth-order valence-corrected chi connectivity index (χ4v) is 3.51. The van der Waals surface area contributed by atoms with Crippen molar-refractivity contribution in [3.05, 3.63) is 71.6 Å². The number of hydrogen-bond donors (Lipinski definition) is 0. The van der Waals surface area contributed by atoms with Gasteiger partial charge in [0.15, 0.2) is 9.84 Å². The summed E-state index contributed by atoms with van der Waals surface area (Å²) in [6.45, 7) is 2.55. The summed E-state index contributed by atoms with van der Waals surface area (Å²) in [5.74, 6) is -0.214. The molecular weight excluding hydrogens is 325 g/mol. The Morgan fingerprint density at radius 1 is 1.04 bits per heavy atom. The first-order valence-corrected chi connectivity index (χ1v) is 9.77. The van der Waals surface area contributed by atoms with Crippen molar-refractivity contribution in [1.29, 1.82) is 0 Å². The molecular formula is C19H20FNO2S. The third-order valence-corrected chi connectivity index (χ3v) is 5.39. The fourth-order valence-electron chi connectivity index (χ4n) is 2.88. The van der Waals surface area contributed by atoms with Crippen LogP contribution in [0, 0.1) is 5.82 Å². The predicted molar refractivity (Wildman–Crippen MR) is 93.8 cm³/mol. The van der Waals surface area contributed by atoms with Crippen LogP contribution in [0.25, 0.3) is 5.57 Å². The Kier molecular flexibility index (Phi) is 4.83. The van der Waals surface area contributed by atoms with Gasteiger partial charge in [-0.25, -0.2) is 12.8 Å². The molecule has 5 heteroatoms. The molecule has 1 heterocycles. The fraction of sp³-hybridized carbons (Fsp3) is 0.263. The van der Waals surface area contributed by atoms with Gasteiger partial charge < -0.3 is 0 Å². The van der Waals surface area contributed by atoms with Gasteiger partial charge in [-0.15, -0.1) is 0 Å². The summed E-state index contributed by atoms with van der Waals surface area (Å²) in [6, 6.07) is 13.7. The standard InChI is InChI=1S/C19H20FNO2S/c1-24(22,23)19-8-2-15(3-9-19)14-21-12-10-17(11-13-21)16-4-6-18(20)7-5-16/h2-10H,11-14H2,1H3. The lowest BCUT2D eigenvalue weighted by Crippen LogP contribution is -2.28. The molecule has 0 unspecified atom stereocenters. The average molecular weight is 345 g/mol. The normalized spacial score (nSPS) is 16.0. The number of nitrogens with zero attached hydrogens (tertiary/aromatic N) is 1. The van der Waals surface area contributed by atoms with Crippen LogP contribution in [0.1, 0.15) is 17.5 Å². The maximum Gasteiger partial charge on any atom is 0.175 e. The zero-order valence-corrected chi connectivity index (χ0v) is 14.4. The van der Waals surface area contributed by atoms with Gasteiger partial charge in [-0.3, -0.25) is 4.90 Å². The van der Waals surface area contributed by atoms with Crippen molar-refractivity contribution >= 4 is 15.4 Å². The predicted octanol–water partition coefficient (Wildman–Crippen LogP) is 3.52. The molecule has 1 aliphatic rings. The highest BCUT2D eigenvalue weighted by atomic mass is 32.2. The first-order chi connectivity index (χ1) is 11.4. The van der Waals surface area contributed by atoms with Gasteiger partial charge in [0, 0.05) is 25.9 Å². The summed E-state index contributed by atoms with van der Waals surface area (Å²) in [7, 11) is -3.14. The van der Waals surface area contributed by atoms with E-state index in [0.29, 0.717) is 4.90 Å². The first-order valence-electron chi connectivity index (χ1n) is 7.88. The lowest BCUT2D eigenvalue weighted by molar-refractivity contribution is 0.294. The van der Waals surface area contributed by atoms with E-state index in [1.54, 1.807) is 12.1 Å². The zero-order valence-electron chi connectivity index (χ0n) is 13.6. The molecule has 2 aromatic carbocycles. The highest BCUT2D eigenvalue weighted by molar-refractivity contribution is 7.90. The SMILES string of the molecule is CS(=O)(=O)c1ccc(CN2CC=C(c3ccc(F)cc3)CC2)cc1. The highest BCUT2D eigenvalue weighted by Crippen LogP contribution is 2.23. The Morgan fingerprint density at radius 3 is 2.25 bits per heavy atom. The number of halogens is 1. The Balaban J connectivity index is 1.63. The number of rotatable bonds is 4. The summed E-state index contributed by atoms with van der Waals surface area (Å²) >= 11 is 0. The molecule has 0 bridgehead atoms. The Hall–Kier alpha value is -1.98. The minimum absolute atomic E-state index is 0.214. The van der Waals surface area contributed by atoms with Crippen molar-refractivity contribution in [2.45, 2.75) is 17.9 Å². The number of hydrogen-bond acceptors (Lipinski definition) is 3. The first kappa shape index (κ1) is 16.9. The van der Waals surface area contributed by atoms with Crippen molar-refractivity contribution in [1.82, 2.24) is 4.90 Å². The zero-order chi connectivity index (χ0) is 17.2. The lowest BCUT2D eigenvalue weighted by atomic mass is 9.99. The molecule has 0 saturated heterocycles. The van der Waals surface area contributed by atoms with Gasteiger partial charge in [0.25, 0.3) is 0 Å². The maximum atomic E-state index is 13.0. The van der Waals surface area contributed by atoms with Crippen LogP contribution in [-0.4, -0.2) is 32.7 Å². The van der Waals surface area contributed by atoms with Crippen molar-refractivity contribution in [3.63, 3.8) is 0 Å².